The van der Waals surface area contributed by atoms with E-state index in [1.165, 1.54) is 4.31 Å². The quantitative estimate of drug-likeness (QED) is 0.783. The monoisotopic (exact) mass is 390 g/mol. The normalized spacial score (nSPS) is 12.7. The van der Waals surface area contributed by atoms with Gasteiger partial charge in [-0.05, 0) is 36.8 Å². The maximum absolute atomic E-state index is 12.2. The molecule has 0 atom stereocenters. The van der Waals surface area contributed by atoms with E-state index in [0.29, 0.717) is 23.7 Å². The van der Waals surface area contributed by atoms with E-state index in [9.17, 15) is 13.2 Å². The van der Waals surface area contributed by atoms with Gasteiger partial charge in [0.25, 0.3) is 0 Å². The van der Waals surface area contributed by atoms with Crippen molar-refractivity contribution in [2.75, 3.05) is 23.9 Å². The first-order valence-electron chi connectivity index (χ1n) is 8.52. The van der Waals surface area contributed by atoms with Crippen molar-refractivity contribution in [1.29, 1.82) is 0 Å². The van der Waals surface area contributed by atoms with Crippen molar-refractivity contribution in [3.63, 3.8) is 0 Å². The minimum Gasteiger partial charge on any atom is -0.454 e. The fourth-order valence-corrected chi connectivity index (χ4v) is 3.67. The predicted molar refractivity (Wildman–Crippen MR) is 102 cm³/mol. The highest BCUT2D eigenvalue weighted by Crippen LogP contribution is 2.32. The third-order valence-corrected chi connectivity index (χ3v) is 5.38. The van der Waals surface area contributed by atoms with Gasteiger partial charge in [-0.15, -0.1) is 0 Å². The highest BCUT2D eigenvalue weighted by Gasteiger charge is 2.19. The van der Waals surface area contributed by atoms with Gasteiger partial charge in [0.1, 0.15) is 0 Å². The zero-order valence-corrected chi connectivity index (χ0v) is 16.1. The third-order valence-electron chi connectivity index (χ3n) is 4.19. The number of hydrogen-bond donors (Lipinski definition) is 1. The minimum atomic E-state index is -3.48. The van der Waals surface area contributed by atoms with Crippen molar-refractivity contribution in [3.8, 4) is 11.5 Å². The van der Waals surface area contributed by atoms with Crippen molar-refractivity contribution in [2.24, 2.45) is 0 Å². The number of carbonyl (C=O) groups excluding carboxylic acids is 1. The summed E-state index contributed by atoms with van der Waals surface area (Å²) in [5.41, 5.74) is 2.46. The van der Waals surface area contributed by atoms with Gasteiger partial charge >= 0.3 is 0 Å². The molecule has 1 amide bonds. The minimum absolute atomic E-state index is 0.0610. The van der Waals surface area contributed by atoms with Crippen LogP contribution in [0.3, 0.4) is 0 Å². The highest BCUT2D eigenvalue weighted by molar-refractivity contribution is 7.92. The van der Waals surface area contributed by atoms with Crippen molar-refractivity contribution >= 4 is 21.6 Å². The van der Waals surface area contributed by atoms with E-state index in [0.717, 1.165) is 17.4 Å². The maximum Gasteiger partial charge on any atom is 0.232 e. The summed E-state index contributed by atoms with van der Waals surface area (Å²) in [6.45, 7) is 2.54. The average Bonchev–Trinajstić information content (AvgIpc) is 3.08. The molecular weight excluding hydrogens is 368 g/mol. The van der Waals surface area contributed by atoms with Gasteiger partial charge < -0.3 is 14.8 Å². The number of ether oxygens (including phenoxy) is 2. The standard InChI is InChI=1S/C19H22N2O5S/c1-14-3-6-16(7-4-14)21(27(2,23)24)10-9-19(22)20-12-15-5-8-17-18(11-15)26-13-25-17/h3-8,11H,9-10,12-13H2,1-2H3,(H,20,22). The Morgan fingerprint density at radius 1 is 1.11 bits per heavy atom. The van der Waals surface area contributed by atoms with E-state index in [1.807, 2.05) is 31.2 Å². The van der Waals surface area contributed by atoms with E-state index < -0.39 is 10.0 Å². The molecule has 0 saturated carbocycles. The number of nitrogens with zero attached hydrogens (tertiary/aromatic N) is 1. The molecule has 0 saturated heterocycles. The number of amides is 1. The molecule has 1 heterocycles. The summed E-state index contributed by atoms with van der Waals surface area (Å²) in [5.74, 6) is 1.12. The molecule has 0 radical (unpaired) electrons. The predicted octanol–water partition coefficient (Wildman–Crippen LogP) is 2.20. The molecule has 27 heavy (non-hydrogen) atoms. The Hall–Kier alpha value is -2.74. The second-order valence-electron chi connectivity index (χ2n) is 6.39. The number of anilines is 1. The second-order valence-corrected chi connectivity index (χ2v) is 8.29. The van der Waals surface area contributed by atoms with Crippen LogP contribution >= 0.6 is 0 Å². The lowest BCUT2D eigenvalue weighted by Gasteiger charge is -2.22. The van der Waals surface area contributed by atoms with Gasteiger partial charge in [0.05, 0.1) is 11.9 Å². The molecule has 0 unspecified atom stereocenters. The van der Waals surface area contributed by atoms with Crippen LogP contribution in [-0.4, -0.2) is 33.9 Å². The van der Waals surface area contributed by atoms with Gasteiger partial charge in [-0.25, -0.2) is 8.42 Å². The van der Waals surface area contributed by atoms with Crippen LogP contribution in [0.5, 0.6) is 11.5 Å². The van der Waals surface area contributed by atoms with E-state index in [2.05, 4.69) is 5.32 Å². The molecule has 8 heteroatoms. The summed E-state index contributed by atoms with van der Waals surface area (Å²) in [7, 11) is -3.48. The number of fused-ring (bicyclic) bond motifs is 1. The van der Waals surface area contributed by atoms with Gasteiger partial charge in [-0.2, -0.15) is 0 Å². The average molecular weight is 390 g/mol. The Balaban J connectivity index is 1.57. The van der Waals surface area contributed by atoms with E-state index >= 15 is 0 Å². The number of carbonyl (C=O) groups is 1. The van der Waals surface area contributed by atoms with Gasteiger partial charge in [-0.1, -0.05) is 23.8 Å². The van der Waals surface area contributed by atoms with E-state index in [-0.39, 0.29) is 25.7 Å². The van der Waals surface area contributed by atoms with Crippen LogP contribution in [0.25, 0.3) is 0 Å². The molecule has 1 N–H and O–H groups in total. The zero-order valence-electron chi connectivity index (χ0n) is 15.3. The zero-order chi connectivity index (χ0) is 19.4. The largest absolute Gasteiger partial charge is 0.454 e. The highest BCUT2D eigenvalue weighted by atomic mass is 32.2. The molecule has 0 fully saturated rings. The SMILES string of the molecule is Cc1ccc(N(CCC(=O)NCc2ccc3c(c2)OCO3)S(C)(=O)=O)cc1. The Bertz CT molecular complexity index is 926. The molecule has 0 spiro atoms. The molecule has 1 aliphatic rings. The fourth-order valence-electron chi connectivity index (χ4n) is 2.74. The summed E-state index contributed by atoms with van der Waals surface area (Å²) >= 11 is 0. The second kappa shape index (κ2) is 7.87. The number of sulfonamides is 1. The maximum atomic E-state index is 12.2. The van der Waals surface area contributed by atoms with Crippen LogP contribution in [0.2, 0.25) is 0 Å². The first-order chi connectivity index (χ1) is 12.8. The lowest BCUT2D eigenvalue weighted by molar-refractivity contribution is -0.121. The first kappa shape index (κ1) is 19.0. The van der Waals surface area contributed by atoms with Crippen LogP contribution in [0.1, 0.15) is 17.5 Å². The number of rotatable bonds is 7. The van der Waals surface area contributed by atoms with Gasteiger partial charge in [0.2, 0.25) is 22.7 Å². The summed E-state index contributed by atoms with van der Waals surface area (Å²) in [5, 5.41) is 2.80. The van der Waals surface area contributed by atoms with Crippen LogP contribution in [-0.2, 0) is 21.4 Å². The molecule has 144 valence electrons. The summed E-state index contributed by atoms with van der Waals surface area (Å²) < 4.78 is 36.0. The lowest BCUT2D eigenvalue weighted by atomic mass is 10.2. The Morgan fingerprint density at radius 2 is 1.81 bits per heavy atom. The first-order valence-corrected chi connectivity index (χ1v) is 10.4. The Morgan fingerprint density at radius 3 is 2.52 bits per heavy atom. The lowest BCUT2D eigenvalue weighted by Crippen LogP contribution is -2.34. The van der Waals surface area contributed by atoms with E-state index in [4.69, 9.17) is 9.47 Å². The summed E-state index contributed by atoms with van der Waals surface area (Å²) in [4.78, 5) is 12.2. The van der Waals surface area contributed by atoms with Gasteiger partial charge in [-0.3, -0.25) is 9.10 Å². The fraction of sp³-hybridized carbons (Fsp3) is 0.316. The smallest absolute Gasteiger partial charge is 0.232 e. The molecule has 0 bridgehead atoms. The topological polar surface area (TPSA) is 84.9 Å². The molecule has 1 aliphatic heterocycles. The van der Waals surface area contributed by atoms with Crippen LogP contribution in [0.4, 0.5) is 5.69 Å². The molecular formula is C19H22N2O5S. The molecule has 0 aromatic heterocycles. The van der Waals surface area contributed by atoms with Crippen molar-refractivity contribution in [1.82, 2.24) is 5.32 Å². The molecule has 7 nitrogen and oxygen atoms in total. The number of aryl methyl sites for hydroxylation is 1. The summed E-state index contributed by atoms with van der Waals surface area (Å²) in [6.07, 6.45) is 1.20. The molecule has 2 aromatic carbocycles. The van der Waals surface area contributed by atoms with Gasteiger partial charge in [0.15, 0.2) is 11.5 Å². The van der Waals surface area contributed by atoms with Crippen LogP contribution in [0.15, 0.2) is 42.5 Å². The van der Waals surface area contributed by atoms with Gasteiger partial charge in [0, 0.05) is 19.5 Å². The third kappa shape index (κ3) is 4.91. The Kier molecular flexibility index (Phi) is 5.55. The molecule has 0 aliphatic carbocycles. The summed E-state index contributed by atoms with van der Waals surface area (Å²) in [6, 6.07) is 12.6. The van der Waals surface area contributed by atoms with Crippen LogP contribution in [0, 0.1) is 6.92 Å². The van der Waals surface area contributed by atoms with Crippen LogP contribution < -0.4 is 19.1 Å². The van der Waals surface area contributed by atoms with E-state index in [1.54, 1.807) is 18.2 Å². The number of nitrogens with one attached hydrogen (secondary N) is 1. The van der Waals surface area contributed by atoms with Crippen molar-refractivity contribution < 1.29 is 22.7 Å². The van der Waals surface area contributed by atoms with Crippen molar-refractivity contribution in [2.45, 2.75) is 19.9 Å². The number of benzene rings is 2. The molecule has 2 aromatic rings. The molecule has 3 rings (SSSR count). The van der Waals surface area contributed by atoms with Crippen molar-refractivity contribution in [3.05, 3.63) is 53.6 Å². The Labute approximate surface area is 158 Å². The number of hydrogen-bond acceptors (Lipinski definition) is 5.